The van der Waals surface area contributed by atoms with Gasteiger partial charge in [0.05, 0.1) is 0 Å². The van der Waals surface area contributed by atoms with Gasteiger partial charge >= 0.3 is 41.9 Å². The van der Waals surface area contributed by atoms with E-state index in [1.807, 2.05) is 8.58 Å². The predicted molar refractivity (Wildman–Crippen MR) is 94.5 cm³/mol. The summed E-state index contributed by atoms with van der Waals surface area (Å²) in [6.45, 7) is 0. The third-order valence-electron chi connectivity index (χ3n) is 8.49. The Labute approximate surface area is 205 Å². The summed E-state index contributed by atoms with van der Waals surface area (Å²) < 4.78 is 0. The molecule has 8 fully saturated rings. The van der Waals surface area contributed by atoms with Crippen molar-refractivity contribution in [2.24, 2.45) is 35.5 Å². The van der Waals surface area contributed by atoms with E-state index in [1.54, 1.807) is 77.0 Å². The monoisotopic (exact) mass is 490 g/mol. The van der Waals surface area contributed by atoms with Crippen molar-refractivity contribution < 1.29 is 52.8 Å². The molecule has 8 rings (SSSR count). The van der Waals surface area contributed by atoms with Gasteiger partial charge in [-0.05, 0) is 74.0 Å². The normalized spacial score (nSPS) is 53.8. The Morgan fingerprint density at radius 3 is 0.880 bits per heavy atom. The first-order chi connectivity index (χ1) is 10.2. The van der Waals surface area contributed by atoms with Crippen molar-refractivity contribution in [3.63, 3.8) is 0 Å². The molecule has 0 atom stereocenters. The molecule has 0 N–H and O–H groups in total. The van der Waals surface area contributed by atoms with Crippen LogP contribution in [0, 0.1) is 35.5 Å². The van der Waals surface area contributed by atoms with E-state index in [4.69, 9.17) is 0 Å². The van der Waals surface area contributed by atoms with Crippen LogP contribution in [0.2, 0.25) is 0 Å². The van der Waals surface area contributed by atoms with Crippen LogP contribution >= 0.6 is 8.58 Å². The van der Waals surface area contributed by atoms with Crippen molar-refractivity contribution in [2.75, 3.05) is 0 Å². The second kappa shape index (κ2) is 8.48. The fourth-order valence-corrected chi connectivity index (χ4v) is 12.0. The zero-order valence-corrected chi connectivity index (χ0v) is 21.3. The van der Waals surface area contributed by atoms with Crippen LogP contribution in [0.25, 0.3) is 0 Å². The molecule has 25 heavy (non-hydrogen) atoms. The molecule has 0 spiro atoms. The molecular weight excluding hydrogens is 462 g/mol. The smallest absolute Gasteiger partial charge is 1.00 e. The van der Waals surface area contributed by atoms with E-state index >= 15 is 0 Å². The Morgan fingerprint density at radius 2 is 0.680 bits per heavy atom. The summed E-state index contributed by atoms with van der Waals surface area (Å²) >= 11 is 0. The van der Waals surface area contributed by atoms with E-state index in [0.717, 1.165) is 45.8 Å². The molecule has 8 aliphatic rings. The van der Waals surface area contributed by atoms with Crippen LogP contribution in [0.4, 0.5) is 0 Å². The summed E-state index contributed by atoms with van der Waals surface area (Å²) in [5.74, 6) is 6.90. The first kappa shape index (κ1) is 24.0. The van der Waals surface area contributed by atoms with Gasteiger partial charge in [-0.25, -0.2) is 0 Å². The van der Waals surface area contributed by atoms with Gasteiger partial charge in [-0.1, -0.05) is 38.5 Å². The minimum Gasteiger partial charge on any atom is -1.00 e. The SMILES string of the molecule is C1C2CC3CC1CC([P-]C14CC5CC(CC(C5)C1)C4)(C2)C3.[Br-].[Br-].[Li+].[Mg+2]. The summed E-state index contributed by atoms with van der Waals surface area (Å²) in [5.41, 5.74) is 0. The van der Waals surface area contributed by atoms with Gasteiger partial charge in [-0.3, -0.25) is 0 Å². The number of rotatable bonds is 2. The van der Waals surface area contributed by atoms with E-state index in [0.29, 0.717) is 0 Å². The molecule has 0 radical (unpaired) electrons. The topological polar surface area (TPSA) is 0 Å². The molecule has 0 nitrogen and oxygen atoms in total. The van der Waals surface area contributed by atoms with Gasteiger partial charge in [0.1, 0.15) is 0 Å². The summed E-state index contributed by atoms with van der Waals surface area (Å²) in [7, 11) is 2.00. The molecule has 8 bridgehead atoms. The van der Waals surface area contributed by atoms with Gasteiger partial charge in [0.25, 0.3) is 0 Å². The molecule has 0 unspecified atom stereocenters. The van der Waals surface area contributed by atoms with E-state index < -0.39 is 0 Å². The van der Waals surface area contributed by atoms with Crippen LogP contribution in [0.3, 0.4) is 0 Å². The van der Waals surface area contributed by atoms with Crippen molar-refractivity contribution in [3.8, 4) is 0 Å². The summed E-state index contributed by atoms with van der Waals surface area (Å²) in [6.07, 6.45) is 19.6. The average Bonchev–Trinajstić information content (AvgIpc) is 2.33. The zero-order chi connectivity index (χ0) is 13.7. The van der Waals surface area contributed by atoms with Gasteiger partial charge in [0, 0.05) is 0 Å². The summed E-state index contributed by atoms with van der Waals surface area (Å²) in [4.78, 5) is 0. The zero-order valence-electron chi connectivity index (χ0n) is 15.9. The number of hydrogen-bond donors (Lipinski definition) is 0. The van der Waals surface area contributed by atoms with Crippen molar-refractivity contribution in [3.05, 3.63) is 0 Å². The van der Waals surface area contributed by atoms with Crippen molar-refractivity contribution >= 4 is 31.6 Å². The van der Waals surface area contributed by atoms with E-state index in [2.05, 4.69) is 0 Å². The second-order valence-electron chi connectivity index (χ2n) is 10.4. The Hall–Kier alpha value is 2.75. The van der Waals surface area contributed by atoms with Crippen LogP contribution in [0.15, 0.2) is 0 Å². The Balaban J connectivity index is 0.000000563. The van der Waals surface area contributed by atoms with Crippen LogP contribution in [-0.2, 0) is 0 Å². The van der Waals surface area contributed by atoms with Crippen molar-refractivity contribution in [2.45, 2.75) is 87.4 Å². The average molecular weight is 492 g/mol. The molecule has 0 amide bonds. The van der Waals surface area contributed by atoms with Gasteiger partial charge in [-0.2, -0.15) is 10.3 Å². The minimum absolute atomic E-state index is 0. The van der Waals surface area contributed by atoms with Crippen LogP contribution in [-0.4, -0.2) is 33.4 Å². The third kappa shape index (κ3) is 4.16. The van der Waals surface area contributed by atoms with Crippen LogP contribution in [0.5, 0.6) is 0 Å². The number of hydrogen-bond acceptors (Lipinski definition) is 0. The molecule has 0 aromatic rings. The Bertz CT molecular complexity index is 374. The third-order valence-corrected chi connectivity index (χ3v) is 10.5. The van der Waals surface area contributed by atoms with E-state index in [9.17, 15) is 0 Å². The Morgan fingerprint density at radius 1 is 0.480 bits per heavy atom. The maximum atomic E-state index is 2.00. The molecule has 132 valence electrons. The fourth-order valence-electron chi connectivity index (χ4n) is 8.91. The standard InChI is InChI=1S/C20H30P.2BrH.Li.Mg/c1-13-2-15-3-14(1)8-19(7-13,9-15)21-20-10-16-4-17(11-20)6-18(5-16)12-20;;;;/h13-18H,1-12H2;2*1H;;/q-1;;;+1;+2/p-2. The molecule has 8 saturated carbocycles. The maximum Gasteiger partial charge on any atom is 2.00 e. The van der Waals surface area contributed by atoms with E-state index in [-0.39, 0.29) is 75.9 Å². The van der Waals surface area contributed by atoms with Gasteiger partial charge in [0.2, 0.25) is 0 Å². The molecule has 0 aromatic heterocycles. The first-order valence-corrected chi connectivity index (χ1v) is 10.8. The second-order valence-corrected chi connectivity index (χ2v) is 12.5. The molecule has 0 aliphatic heterocycles. The molecule has 8 aliphatic carbocycles. The van der Waals surface area contributed by atoms with Gasteiger partial charge < -0.3 is 42.5 Å². The summed E-state index contributed by atoms with van der Waals surface area (Å²) in [6, 6.07) is 0. The summed E-state index contributed by atoms with van der Waals surface area (Å²) in [5, 5.41) is 1.64. The first-order valence-electron chi connectivity index (χ1n) is 9.92. The molecule has 0 heterocycles. The fraction of sp³-hybridized carbons (Fsp3) is 1.00. The maximum absolute atomic E-state index is 2.00. The molecule has 0 saturated heterocycles. The van der Waals surface area contributed by atoms with Crippen LogP contribution in [0.1, 0.15) is 77.0 Å². The quantitative estimate of drug-likeness (QED) is 0.278. The van der Waals surface area contributed by atoms with Crippen LogP contribution < -0.4 is 52.8 Å². The largest absolute Gasteiger partial charge is 2.00 e. The van der Waals surface area contributed by atoms with Gasteiger partial charge in [0.15, 0.2) is 0 Å². The van der Waals surface area contributed by atoms with Gasteiger partial charge in [-0.15, -0.1) is 0 Å². The predicted octanol–water partition coefficient (Wildman–Crippen LogP) is -3.50. The minimum atomic E-state index is 0. The number of halogens is 2. The van der Waals surface area contributed by atoms with Crippen molar-refractivity contribution in [1.82, 2.24) is 0 Å². The Kier molecular flexibility index (Phi) is 8.15. The molecular formula is C20H30Br2LiMgP. The molecule has 0 aromatic carbocycles. The van der Waals surface area contributed by atoms with E-state index in [1.165, 1.54) is 0 Å². The molecule has 5 heteroatoms. The van der Waals surface area contributed by atoms with Crippen molar-refractivity contribution in [1.29, 1.82) is 0 Å².